The molecule has 7 nitrogen and oxygen atoms in total. The van der Waals surface area contributed by atoms with Crippen molar-refractivity contribution in [1.29, 1.82) is 0 Å². The first-order valence-corrected chi connectivity index (χ1v) is 8.03. The number of benzene rings is 2. The second kappa shape index (κ2) is 7.60. The van der Waals surface area contributed by atoms with E-state index in [0.717, 1.165) is 16.5 Å². The normalized spacial score (nSPS) is 10.6. The standard InChI is InChI=1S/C19H16N2O5/c22-18(13-4-3-5-15(10-13)21(24)25)12-26-19(23)9-8-14-11-20-17-7-2-1-6-16(14)17/h1-7,10-11,20H,8-9,12H2. The molecule has 2 aromatic carbocycles. The summed E-state index contributed by atoms with van der Waals surface area (Å²) in [5.41, 5.74) is 1.96. The molecule has 0 radical (unpaired) electrons. The molecule has 26 heavy (non-hydrogen) atoms. The molecular formula is C19H16N2O5. The Morgan fingerprint density at radius 3 is 2.73 bits per heavy atom. The number of carbonyl (C=O) groups excluding carboxylic acids is 2. The van der Waals surface area contributed by atoms with Crippen LogP contribution >= 0.6 is 0 Å². The number of aryl methyl sites for hydroxylation is 1. The minimum absolute atomic E-state index is 0.142. The fourth-order valence-electron chi connectivity index (χ4n) is 2.67. The molecule has 0 saturated carbocycles. The fraction of sp³-hybridized carbons (Fsp3) is 0.158. The van der Waals surface area contributed by atoms with Gasteiger partial charge >= 0.3 is 5.97 Å². The van der Waals surface area contributed by atoms with E-state index in [1.807, 2.05) is 30.5 Å². The van der Waals surface area contributed by atoms with Gasteiger partial charge in [0.25, 0.3) is 5.69 Å². The lowest BCUT2D eigenvalue weighted by molar-refractivity contribution is -0.384. The number of aromatic nitrogens is 1. The number of carbonyl (C=O) groups is 2. The first-order valence-electron chi connectivity index (χ1n) is 8.03. The molecular weight excluding hydrogens is 336 g/mol. The van der Waals surface area contributed by atoms with E-state index in [1.165, 1.54) is 24.3 Å². The summed E-state index contributed by atoms with van der Waals surface area (Å²) in [6.45, 7) is -0.437. The van der Waals surface area contributed by atoms with Gasteiger partial charge in [-0.1, -0.05) is 30.3 Å². The second-order valence-corrected chi connectivity index (χ2v) is 5.75. The van der Waals surface area contributed by atoms with Crippen LogP contribution in [-0.4, -0.2) is 28.3 Å². The van der Waals surface area contributed by atoms with E-state index >= 15 is 0 Å². The third-order valence-corrected chi connectivity index (χ3v) is 4.02. The van der Waals surface area contributed by atoms with Gasteiger partial charge in [-0.25, -0.2) is 0 Å². The monoisotopic (exact) mass is 352 g/mol. The average molecular weight is 352 g/mol. The molecule has 0 saturated heterocycles. The lowest BCUT2D eigenvalue weighted by atomic mass is 10.1. The highest BCUT2D eigenvalue weighted by Gasteiger charge is 2.14. The highest BCUT2D eigenvalue weighted by atomic mass is 16.6. The number of aromatic amines is 1. The number of para-hydroxylation sites is 1. The highest BCUT2D eigenvalue weighted by Crippen LogP contribution is 2.19. The van der Waals surface area contributed by atoms with Gasteiger partial charge in [-0.3, -0.25) is 19.7 Å². The number of hydrogen-bond acceptors (Lipinski definition) is 5. The van der Waals surface area contributed by atoms with Crippen LogP contribution in [0.4, 0.5) is 5.69 Å². The van der Waals surface area contributed by atoms with E-state index in [2.05, 4.69) is 4.98 Å². The molecule has 1 N–H and O–H groups in total. The predicted octanol–water partition coefficient (Wildman–Crippen LogP) is 3.43. The van der Waals surface area contributed by atoms with Gasteiger partial charge in [0.2, 0.25) is 5.78 Å². The molecule has 0 spiro atoms. The van der Waals surface area contributed by atoms with Crippen molar-refractivity contribution in [1.82, 2.24) is 4.98 Å². The molecule has 0 amide bonds. The maximum atomic E-state index is 12.0. The maximum Gasteiger partial charge on any atom is 0.306 e. The molecule has 0 bridgehead atoms. The Hall–Kier alpha value is -3.48. The average Bonchev–Trinajstić information content (AvgIpc) is 3.07. The number of hydrogen-bond donors (Lipinski definition) is 1. The van der Waals surface area contributed by atoms with Crippen LogP contribution in [-0.2, 0) is 16.0 Å². The van der Waals surface area contributed by atoms with Gasteiger partial charge in [-0.15, -0.1) is 0 Å². The van der Waals surface area contributed by atoms with Crippen molar-refractivity contribution in [2.24, 2.45) is 0 Å². The minimum Gasteiger partial charge on any atom is -0.457 e. The van der Waals surface area contributed by atoms with Crippen LogP contribution in [0.25, 0.3) is 10.9 Å². The molecule has 3 aromatic rings. The fourth-order valence-corrected chi connectivity index (χ4v) is 2.67. The lowest BCUT2D eigenvalue weighted by Crippen LogP contribution is -2.14. The SMILES string of the molecule is O=C(CCc1c[nH]c2ccccc12)OCC(=O)c1cccc([N+](=O)[O-])c1. The topological polar surface area (TPSA) is 102 Å². The number of ether oxygens (including phenoxy) is 1. The number of nitro benzene ring substituents is 1. The van der Waals surface area contributed by atoms with Gasteiger partial charge in [0.05, 0.1) is 4.92 Å². The van der Waals surface area contributed by atoms with E-state index < -0.39 is 23.3 Å². The van der Waals surface area contributed by atoms with Crippen molar-refractivity contribution in [3.8, 4) is 0 Å². The summed E-state index contributed by atoms with van der Waals surface area (Å²) in [5, 5.41) is 11.8. The van der Waals surface area contributed by atoms with Gasteiger partial charge in [-0.05, 0) is 18.1 Å². The number of nitrogens with zero attached hydrogens (tertiary/aromatic N) is 1. The number of Topliss-reactive ketones (excluding diaryl/α,β-unsaturated/α-hetero) is 1. The number of H-pyrrole nitrogens is 1. The summed E-state index contributed by atoms with van der Waals surface area (Å²) in [6, 6.07) is 13.1. The number of non-ortho nitro benzene ring substituents is 1. The van der Waals surface area contributed by atoms with Crippen LogP contribution in [0.15, 0.2) is 54.7 Å². The molecule has 1 heterocycles. The lowest BCUT2D eigenvalue weighted by Gasteiger charge is -2.04. The van der Waals surface area contributed by atoms with Gasteiger partial charge in [0, 0.05) is 41.2 Å². The number of rotatable bonds is 7. The summed E-state index contributed by atoms with van der Waals surface area (Å²) in [4.78, 5) is 37.2. The molecule has 3 rings (SSSR count). The Morgan fingerprint density at radius 2 is 1.92 bits per heavy atom. The van der Waals surface area contributed by atoms with Crippen LogP contribution in [0.5, 0.6) is 0 Å². The van der Waals surface area contributed by atoms with Gasteiger partial charge < -0.3 is 9.72 Å². The van der Waals surface area contributed by atoms with E-state index in [1.54, 1.807) is 0 Å². The number of fused-ring (bicyclic) bond motifs is 1. The summed E-state index contributed by atoms with van der Waals surface area (Å²) < 4.78 is 5.00. The Labute approximate surface area is 148 Å². The molecule has 0 aliphatic rings. The summed E-state index contributed by atoms with van der Waals surface area (Å²) >= 11 is 0. The van der Waals surface area contributed by atoms with Crippen LogP contribution in [0.1, 0.15) is 22.3 Å². The Balaban J connectivity index is 1.53. The molecule has 0 atom stereocenters. The molecule has 1 aromatic heterocycles. The maximum absolute atomic E-state index is 12.0. The number of ketones is 1. The van der Waals surface area contributed by atoms with Crippen molar-refractivity contribution >= 4 is 28.3 Å². The van der Waals surface area contributed by atoms with E-state index in [4.69, 9.17) is 4.74 Å². The summed E-state index contributed by atoms with van der Waals surface area (Å²) in [6.07, 6.45) is 2.49. The Morgan fingerprint density at radius 1 is 1.12 bits per heavy atom. The third kappa shape index (κ3) is 3.94. The first-order chi connectivity index (χ1) is 12.5. The molecule has 0 unspecified atom stereocenters. The van der Waals surface area contributed by atoms with Crippen LogP contribution in [0.2, 0.25) is 0 Å². The summed E-state index contributed by atoms with van der Waals surface area (Å²) in [5.74, 6) is -0.969. The first kappa shape index (κ1) is 17.3. The summed E-state index contributed by atoms with van der Waals surface area (Å²) in [7, 11) is 0. The zero-order valence-corrected chi connectivity index (χ0v) is 13.8. The van der Waals surface area contributed by atoms with Crippen molar-refractivity contribution in [3.05, 3.63) is 76.0 Å². The van der Waals surface area contributed by atoms with Gasteiger partial charge in [0.15, 0.2) is 6.61 Å². The molecule has 7 heteroatoms. The van der Waals surface area contributed by atoms with Gasteiger partial charge in [0.1, 0.15) is 0 Å². The van der Waals surface area contributed by atoms with Crippen LogP contribution in [0.3, 0.4) is 0 Å². The molecule has 132 valence electrons. The predicted molar refractivity (Wildman–Crippen MR) is 95.0 cm³/mol. The Bertz CT molecular complexity index is 977. The highest BCUT2D eigenvalue weighted by molar-refractivity contribution is 5.98. The zero-order chi connectivity index (χ0) is 18.5. The smallest absolute Gasteiger partial charge is 0.306 e. The largest absolute Gasteiger partial charge is 0.457 e. The van der Waals surface area contributed by atoms with E-state index in [-0.39, 0.29) is 17.7 Å². The number of nitrogens with one attached hydrogen (secondary N) is 1. The van der Waals surface area contributed by atoms with Crippen molar-refractivity contribution in [3.63, 3.8) is 0 Å². The second-order valence-electron chi connectivity index (χ2n) is 5.75. The quantitative estimate of drug-likeness (QED) is 0.304. The van der Waals surface area contributed by atoms with Crippen LogP contribution in [0, 0.1) is 10.1 Å². The minimum atomic E-state index is -0.579. The van der Waals surface area contributed by atoms with E-state index in [9.17, 15) is 19.7 Å². The molecule has 0 aliphatic carbocycles. The zero-order valence-electron chi connectivity index (χ0n) is 13.8. The van der Waals surface area contributed by atoms with Crippen LogP contribution < -0.4 is 0 Å². The number of nitro groups is 1. The van der Waals surface area contributed by atoms with Gasteiger partial charge in [-0.2, -0.15) is 0 Å². The Kier molecular flexibility index (Phi) is 5.07. The van der Waals surface area contributed by atoms with Crippen molar-refractivity contribution in [2.75, 3.05) is 6.61 Å². The van der Waals surface area contributed by atoms with Crippen molar-refractivity contribution in [2.45, 2.75) is 12.8 Å². The van der Waals surface area contributed by atoms with Crippen molar-refractivity contribution < 1.29 is 19.2 Å². The number of esters is 1. The molecule has 0 fully saturated rings. The molecule has 0 aliphatic heterocycles. The third-order valence-electron chi connectivity index (χ3n) is 4.02. The van der Waals surface area contributed by atoms with E-state index in [0.29, 0.717) is 6.42 Å².